The van der Waals surface area contributed by atoms with Crippen molar-refractivity contribution >= 4 is 9.84 Å². The summed E-state index contributed by atoms with van der Waals surface area (Å²) in [6.45, 7) is 4.13. The van der Waals surface area contributed by atoms with Crippen LogP contribution >= 0.6 is 0 Å². The number of sulfone groups is 1. The van der Waals surface area contributed by atoms with Crippen LogP contribution in [0.2, 0.25) is 0 Å². The molecule has 0 aliphatic carbocycles. The van der Waals surface area contributed by atoms with E-state index in [0.717, 1.165) is 18.4 Å². The molecule has 0 spiro atoms. The van der Waals surface area contributed by atoms with Gasteiger partial charge >= 0.3 is 0 Å². The normalized spacial score (nSPS) is 13.3. The molecule has 5 nitrogen and oxygen atoms in total. The minimum Gasteiger partial charge on any atom is -0.389 e. The van der Waals surface area contributed by atoms with E-state index in [1.54, 1.807) is 24.3 Å². The number of rotatable bonds is 10. The molecule has 21 heavy (non-hydrogen) atoms. The maximum absolute atomic E-state index is 11.3. The summed E-state index contributed by atoms with van der Waals surface area (Å²) in [4.78, 5) is 0.315. The summed E-state index contributed by atoms with van der Waals surface area (Å²) in [6, 6.07) is 6.73. The first-order valence-electron chi connectivity index (χ1n) is 7.19. The van der Waals surface area contributed by atoms with Crippen LogP contribution in [0.1, 0.15) is 25.3 Å². The first kappa shape index (κ1) is 18.1. The van der Waals surface area contributed by atoms with E-state index in [4.69, 9.17) is 4.74 Å². The number of unbranched alkanes of at least 4 members (excludes halogenated alkanes) is 1. The van der Waals surface area contributed by atoms with E-state index in [9.17, 15) is 13.5 Å². The van der Waals surface area contributed by atoms with Gasteiger partial charge in [0.15, 0.2) is 9.84 Å². The molecule has 0 aliphatic rings. The summed E-state index contributed by atoms with van der Waals surface area (Å²) in [5.41, 5.74) is 0.974. The molecule has 6 heteroatoms. The fraction of sp³-hybridized carbons (Fsp3) is 0.600. The van der Waals surface area contributed by atoms with Crippen molar-refractivity contribution in [2.45, 2.75) is 37.3 Å². The molecule has 1 unspecified atom stereocenters. The Morgan fingerprint density at radius 3 is 2.52 bits per heavy atom. The lowest BCUT2D eigenvalue weighted by atomic mass is 10.2. The van der Waals surface area contributed by atoms with Crippen LogP contribution in [0, 0.1) is 0 Å². The molecule has 2 N–H and O–H groups in total. The standard InChI is InChI=1S/C15H25NO4S/c1-3-4-9-20-12-14(17)11-16-10-13-5-7-15(8-6-13)21(2,18)19/h5-8,14,16-17H,3-4,9-12H2,1-2H3. The molecular weight excluding hydrogens is 290 g/mol. The van der Waals surface area contributed by atoms with Crippen LogP contribution in [0.15, 0.2) is 29.2 Å². The fourth-order valence-corrected chi connectivity index (χ4v) is 2.39. The molecule has 0 radical (unpaired) electrons. The molecular formula is C15H25NO4S. The second kappa shape index (κ2) is 9.15. The maximum Gasteiger partial charge on any atom is 0.175 e. The molecule has 0 heterocycles. The third-order valence-electron chi connectivity index (χ3n) is 3.01. The number of hydrogen-bond donors (Lipinski definition) is 2. The van der Waals surface area contributed by atoms with Gasteiger partial charge in [0.1, 0.15) is 0 Å². The van der Waals surface area contributed by atoms with Crippen molar-refractivity contribution in [1.82, 2.24) is 5.32 Å². The van der Waals surface area contributed by atoms with Gasteiger partial charge in [-0.2, -0.15) is 0 Å². The molecule has 1 atom stereocenters. The summed E-state index contributed by atoms with van der Waals surface area (Å²) in [5.74, 6) is 0. The second-order valence-electron chi connectivity index (χ2n) is 5.13. The van der Waals surface area contributed by atoms with E-state index in [1.165, 1.54) is 6.26 Å². The zero-order valence-corrected chi connectivity index (χ0v) is 13.5. The zero-order chi connectivity index (χ0) is 15.7. The summed E-state index contributed by atoms with van der Waals surface area (Å²) >= 11 is 0. The molecule has 0 bridgehead atoms. The van der Waals surface area contributed by atoms with Crippen LogP contribution in [-0.2, 0) is 21.1 Å². The largest absolute Gasteiger partial charge is 0.389 e. The van der Waals surface area contributed by atoms with Crippen molar-refractivity contribution < 1.29 is 18.3 Å². The molecule has 0 amide bonds. The van der Waals surface area contributed by atoms with Gasteiger partial charge in [0.25, 0.3) is 0 Å². The number of aliphatic hydroxyl groups excluding tert-OH is 1. The van der Waals surface area contributed by atoms with Crippen molar-refractivity contribution in [2.75, 3.05) is 26.0 Å². The van der Waals surface area contributed by atoms with Gasteiger partial charge in [-0.15, -0.1) is 0 Å². The quantitative estimate of drug-likeness (QED) is 0.638. The highest BCUT2D eigenvalue weighted by Gasteiger charge is 2.07. The molecule has 0 saturated heterocycles. The van der Waals surface area contributed by atoms with Crippen molar-refractivity contribution in [2.24, 2.45) is 0 Å². The van der Waals surface area contributed by atoms with E-state index < -0.39 is 15.9 Å². The number of hydrogen-bond acceptors (Lipinski definition) is 5. The molecule has 0 aromatic heterocycles. The zero-order valence-electron chi connectivity index (χ0n) is 12.7. The van der Waals surface area contributed by atoms with Gasteiger partial charge in [0.05, 0.1) is 17.6 Å². The van der Waals surface area contributed by atoms with Gasteiger partial charge in [0, 0.05) is 26.0 Å². The summed E-state index contributed by atoms with van der Waals surface area (Å²) in [6.07, 6.45) is 2.75. The van der Waals surface area contributed by atoms with E-state index in [-0.39, 0.29) is 0 Å². The first-order valence-corrected chi connectivity index (χ1v) is 9.08. The third-order valence-corrected chi connectivity index (χ3v) is 4.14. The average molecular weight is 315 g/mol. The highest BCUT2D eigenvalue weighted by atomic mass is 32.2. The molecule has 0 saturated carbocycles. The van der Waals surface area contributed by atoms with Crippen LogP contribution < -0.4 is 5.32 Å². The highest BCUT2D eigenvalue weighted by molar-refractivity contribution is 7.90. The predicted molar refractivity (Wildman–Crippen MR) is 83.0 cm³/mol. The fourth-order valence-electron chi connectivity index (χ4n) is 1.76. The number of benzene rings is 1. The van der Waals surface area contributed by atoms with Gasteiger partial charge in [0.2, 0.25) is 0 Å². The van der Waals surface area contributed by atoms with E-state index in [0.29, 0.717) is 31.2 Å². The highest BCUT2D eigenvalue weighted by Crippen LogP contribution is 2.10. The van der Waals surface area contributed by atoms with Crippen LogP contribution in [0.4, 0.5) is 0 Å². The topological polar surface area (TPSA) is 75.6 Å². The molecule has 120 valence electrons. The SMILES string of the molecule is CCCCOCC(O)CNCc1ccc(S(C)(=O)=O)cc1. The van der Waals surface area contributed by atoms with E-state index in [2.05, 4.69) is 12.2 Å². The molecule has 1 aromatic rings. The number of nitrogens with one attached hydrogen (secondary N) is 1. The van der Waals surface area contributed by atoms with Gasteiger partial charge in [-0.3, -0.25) is 0 Å². The summed E-state index contributed by atoms with van der Waals surface area (Å²) in [5, 5.41) is 12.8. The van der Waals surface area contributed by atoms with Crippen molar-refractivity contribution in [3.8, 4) is 0 Å². The Labute approximate surface area is 127 Å². The van der Waals surface area contributed by atoms with Crippen molar-refractivity contribution in [1.29, 1.82) is 0 Å². The van der Waals surface area contributed by atoms with Crippen LogP contribution in [-0.4, -0.2) is 45.6 Å². The average Bonchev–Trinajstić information content (AvgIpc) is 2.43. The Morgan fingerprint density at radius 2 is 1.95 bits per heavy atom. The Hall–Kier alpha value is -0.950. The molecule has 1 aromatic carbocycles. The monoisotopic (exact) mass is 315 g/mol. The number of ether oxygens (including phenoxy) is 1. The Bertz CT molecular complexity index is 499. The summed E-state index contributed by atoms with van der Waals surface area (Å²) in [7, 11) is -3.15. The van der Waals surface area contributed by atoms with Gasteiger partial charge in [-0.05, 0) is 24.1 Å². The van der Waals surface area contributed by atoms with Gasteiger partial charge < -0.3 is 15.2 Å². The lowest BCUT2D eigenvalue weighted by Crippen LogP contribution is -2.30. The van der Waals surface area contributed by atoms with E-state index in [1.807, 2.05) is 0 Å². The van der Waals surface area contributed by atoms with Crippen molar-refractivity contribution in [3.05, 3.63) is 29.8 Å². The van der Waals surface area contributed by atoms with Gasteiger partial charge in [-0.25, -0.2) is 8.42 Å². The predicted octanol–water partition coefficient (Wildman–Crippen LogP) is 1.36. The van der Waals surface area contributed by atoms with Crippen LogP contribution in [0.5, 0.6) is 0 Å². The number of aliphatic hydroxyl groups is 1. The van der Waals surface area contributed by atoms with Crippen LogP contribution in [0.3, 0.4) is 0 Å². The maximum atomic E-state index is 11.3. The van der Waals surface area contributed by atoms with Crippen molar-refractivity contribution in [3.63, 3.8) is 0 Å². The summed E-state index contributed by atoms with van der Waals surface area (Å²) < 4.78 is 28.0. The smallest absolute Gasteiger partial charge is 0.175 e. The van der Waals surface area contributed by atoms with Crippen LogP contribution in [0.25, 0.3) is 0 Å². The van der Waals surface area contributed by atoms with Gasteiger partial charge in [-0.1, -0.05) is 25.5 Å². The third kappa shape index (κ3) is 7.57. The lowest BCUT2D eigenvalue weighted by molar-refractivity contribution is 0.0358. The lowest BCUT2D eigenvalue weighted by Gasteiger charge is -2.12. The van der Waals surface area contributed by atoms with E-state index >= 15 is 0 Å². The Kier molecular flexibility index (Phi) is 7.88. The Morgan fingerprint density at radius 1 is 1.29 bits per heavy atom. The molecule has 0 aliphatic heterocycles. The Balaban J connectivity index is 2.26. The minimum absolute atomic E-state index is 0.315. The molecule has 0 fully saturated rings. The first-order chi connectivity index (χ1) is 9.93. The minimum atomic E-state index is -3.15. The second-order valence-corrected chi connectivity index (χ2v) is 7.15. The molecule has 1 rings (SSSR count).